The maximum atomic E-state index is 3.76. The smallest absolute Gasteiger partial charge is 0.0579 e. The Labute approximate surface area is 126 Å². The van der Waals surface area contributed by atoms with Gasteiger partial charge >= 0.3 is 0 Å². The third-order valence-corrected chi connectivity index (χ3v) is 4.43. The summed E-state index contributed by atoms with van der Waals surface area (Å²) in [5.74, 6) is 2.32. The molecule has 2 heteroatoms. The topological polar surface area (TPSA) is 12.0 Å². The zero-order valence-electron chi connectivity index (χ0n) is 12.3. The zero-order valence-corrected chi connectivity index (χ0v) is 13.1. The maximum Gasteiger partial charge on any atom is 0.0579 e. The SMILES string of the molecule is CCSCC(C)NC(c1ccccc1)c1ccccc1. The molecule has 0 radical (unpaired) electrons. The molecule has 0 aromatic heterocycles. The van der Waals surface area contributed by atoms with Crippen molar-refractivity contribution in [3.8, 4) is 0 Å². The lowest BCUT2D eigenvalue weighted by molar-refractivity contribution is 0.534. The summed E-state index contributed by atoms with van der Waals surface area (Å²) in [4.78, 5) is 0. The molecule has 0 aliphatic rings. The van der Waals surface area contributed by atoms with Crippen LogP contribution >= 0.6 is 11.8 Å². The van der Waals surface area contributed by atoms with Crippen molar-refractivity contribution in [1.82, 2.24) is 5.32 Å². The molecule has 0 saturated heterocycles. The van der Waals surface area contributed by atoms with Crippen molar-refractivity contribution in [2.24, 2.45) is 0 Å². The summed E-state index contributed by atoms with van der Waals surface area (Å²) in [7, 11) is 0. The first-order valence-corrected chi connectivity index (χ1v) is 8.40. The molecule has 1 atom stereocenters. The van der Waals surface area contributed by atoms with Crippen molar-refractivity contribution in [2.45, 2.75) is 25.9 Å². The summed E-state index contributed by atoms with van der Waals surface area (Å²) < 4.78 is 0. The fraction of sp³-hybridized carbons (Fsp3) is 0.333. The molecule has 2 aromatic carbocycles. The Morgan fingerprint density at radius 3 is 1.85 bits per heavy atom. The fourth-order valence-corrected chi connectivity index (χ4v) is 2.99. The summed E-state index contributed by atoms with van der Waals surface area (Å²) in [6.45, 7) is 4.48. The second kappa shape index (κ2) is 8.13. The lowest BCUT2D eigenvalue weighted by Crippen LogP contribution is -2.33. The predicted molar refractivity (Wildman–Crippen MR) is 90.3 cm³/mol. The maximum absolute atomic E-state index is 3.76. The first kappa shape index (κ1) is 15.1. The summed E-state index contributed by atoms with van der Waals surface area (Å²) in [6.07, 6.45) is 0. The molecular weight excluding hydrogens is 262 g/mol. The van der Waals surface area contributed by atoms with Crippen LogP contribution in [0.3, 0.4) is 0 Å². The van der Waals surface area contributed by atoms with Crippen LogP contribution in [0.1, 0.15) is 31.0 Å². The van der Waals surface area contributed by atoms with Gasteiger partial charge in [0, 0.05) is 11.8 Å². The number of benzene rings is 2. The molecular formula is C18H23NS. The van der Waals surface area contributed by atoms with Gasteiger partial charge in [-0.05, 0) is 23.8 Å². The molecule has 1 N–H and O–H groups in total. The number of thioether (sulfide) groups is 1. The van der Waals surface area contributed by atoms with Crippen molar-refractivity contribution in [3.63, 3.8) is 0 Å². The Morgan fingerprint density at radius 1 is 0.900 bits per heavy atom. The van der Waals surface area contributed by atoms with Crippen LogP contribution in [0.4, 0.5) is 0 Å². The molecule has 0 fully saturated rings. The summed E-state index contributed by atoms with van der Waals surface area (Å²) in [5.41, 5.74) is 2.65. The Hall–Kier alpha value is -1.25. The van der Waals surface area contributed by atoms with E-state index in [1.165, 1.54) is 16.9 Å². The lowest BCUT2D eigenvalue weighted by Gasteiger charge is -2.24. The minimum Gasteiger partial charge on any atom is -0.303 e. The molecule has 1 unspecified atom stereocenters. The molecule has 0 heterocycles. The first-order valence-electron chi connectivity index (χ1n) is 7.25. The molecule has 106 valence electrons. The van der Waals surface area contributed by atoms with Gasteiger partial charge in [0.15, 0.2) is 0 Å². The van der Waals surface area contributed by atoms with E-state index in [-0.39, 0.29) is 6.04 Å². The van der Waals surface area contributed by atoms with Crippen molar-refractivity contribution in [3.05, 3.63) is 71.8 Å². The molecule has 0 aliphatic carbocycles. The largest absolute Gasteiger partial charge is 0.303 e. The monoisotopic (exact) mass is 285 g/mol. The van der Waals surface area contributed by atoms with Crippen LogP contribution in [0.15, 0.2) is 60.7 Å². The van der Waals surface area contributed by atoms with E-state index in [9.17, 15) is 0 Å². The van der Waals surface area contributed by atoms with E-state index in [2.05, 4.69) is 79.8 Å². The van der Waals surface area contributed by atoms with Crippen molar-refractivity contribution < 1.29 is 0 Å². The van der Waals surface area contributed by atoms with Crippen LogP contribution in [-0.2, 0) is 0 Å². The van der Waals surface area contributed by atoms with Gasteiger partial charge in [0.25, 0.3) is 0 Å². The van der Waals surface area contributed by atoms with Gasteiger partial charge in [-0.3, -0.25) is 0 Å². The predicted octanol–water partition coefficient (Wildman–Crippen LogP) is 4.51. The van der Waals surface area contributed by atoms with Gasteiger partial charge in [0.2, 0.25) is 0 Å². The van der Waals surface area contributed by atoms with E-state index in [4.69, 9.17) is 0 Å². The molecule has 0 spiro atoms. The van der Waals surface area contributed by atoms with Gasteiger partial charge in [-0.25, -0.2) is 0 Å². The number of rotatable bonds is 7. The van der Waals surface area contributed by atoms with Crippen molar-refractivity contribution >= 4 is 11.8 Å². The highest BCUT2D eigenvalue weighted by atomic mass is 32.2. The van der Waals surface area contributed by atoms with Gasteiger partial charge in [-0.15, -0.1) is 0 Å². The zero-order chi connectivity index (χ0) is 14.2. The van der Waals surface area contributed by atoms with E-state index in [0.717, 1.165) is 5.75 Å². The van der Waals surface area contributed by atoms with Crippen molar-refractivity contribution in [2.75, 3.05) is 11.5 Å². The van der Waals surface area contributed by atoms with Crippen LogP contribution in [0.25, 0.3) is 0 Å². The molecule has 2 rings (SSSR count). The van der Waals surface area contributed by atoms with Crippen LogP contribution in [-0.4, -0.2) is 17.5 Å². The number of nitrogens with one attached hydrogen (secondary N) is 1. The van der Waals surface area contributed by atoms with Crippen LogP contribution in [0.5, 0.6) is 0 Å². The first-order chi connectivity index (χ1) is 9.81. The highest BCUT2D eigenvalue weighted by Crippen LogP contribution is 2.22. The Balaban J connectivity index is 2.17. The average Bonchev–Trinajstić information content (AvgIpc) is 2.52. The molecule has 0 aliphatic heterocycles. The standard InChI is InChI=1S/C18H23NS/c1-3-20-14-15(2)19-18(16-10-6-4-7-11-16)17-12-8-5-9-13-17/h4-13,15,18-19H,3,14H2,1-2H3. The Morgan fingerprint density at radius 2 is 1.40 bits per heavy atom. The van der Waals surface area contributed by atoms with Gasteiger partial charge in [0.1, 0.15) is 0 Å². The van der Waals surface area contributed by atoms with E-state index in [0.29, 0.717) is 6.04 Å². The van der Waals surface area contributed by atoms with Crippen molar-refractivity contribution in [1.29, 1.82) is 0 Å². The Kier molecular flexibility index (Phi) is 6.16. The second-order valence-corrected chi connectivity index (χ2v) is 6.30. The Bertz CT molecular complexity index is 444. The van der Waals surface area contributed by atoms with Crippen LogP contribution < -0.4 is 5.32 Å². The highest BCUT2D eigenvalue weighted by Gasteiger charge is 2.15. The van der Waals surface area contributed by atoms with E-state index in [1.54, 1.807) is 0 Å². The molecule has 1 nitrogen and oxygen atoms in total. The minimum absolute atomic E-state index is 0.268. The average molecular weight is 285 g/mol. The molecule has 2 aromatic rings. The summed E-state index contributed by atoms with van der Waals surface area (Å²) >= 11 is 1.99. The highest BCUT2D eigenvalue weighted by molar-refractivity contribution is 7.99. The van der Waals surface area contributed by atoms with Crippen LogP contribution in [0, 0.1) is 0 Å². The van der Waals surface area contributed by atoms with Crippen LogP contribution in [0.2, 0.25) is 0 Å². The number of hydrogen-bond donors (Lipinski definition) is 1. The molecule has 0 bridgehead atoms. The third-order valence-electron chi connectivity index (χ3n) is 3.29. The normalized spacial score (nSPS) is 12.6. The second-order valence-electron chi connectivity index (χ2n) is 4.98. The van der Waals surface area contributed by atoms with E-state index in [1.807, 2.05) is 11.8 Å². The van der Waals surface area contributed by atoms with E-state index >= 15 is 0 Å². The molecule has 0 amide bonds. The summed E-state index contributed by atoms with van der Waals surface area (Å²) in [6, 6.07) is 22.1. The van der Waals surface area contributed by atoms with Gasteiger partial charge < -0.3 is 5.32 Å². The van der Waals surface area contributed by atoms with Gasteiger partial charge in [-0.1, -0.05) is 67.6 Å². The lowest BCUT2D eigenvalue weighted by atomic mass is 9.98. The van der Waals surface area contributed by atoms with E-state index < -0.39 is 0 Å². The third kappa shape index (κ3) is 4.39. The minimum atomic E-state index is 0.268. The van der Waals surface area contributed by atoms with Gasteiger partial charge in [-0.2, -0.15) is 11.8 Å². The molecule has 20 heavy (non-hydrogen) atoms. The number of hydrogen-bond acceptors (Lipinski definition) is 2. The fourth-order valence-electron chi connectivity index (χ4n) is 2.30. The molecule has 0 saturated carbocycles. The van der Waals surface area contributed by atoms with Gasteiger partial charge in [0.05, 0.1) is 6.04 Å². The quantitative estimate of drug-likeness (QED) is 0.803. The summed E-state index contributed by atoms with van der Waals surface area (Å²) in [5, 5.41) is 3.76.